The zero-order chi connectivity index (χ0) is 11.8. The number of halogens is 1. The number of hydrogen-bond donors (Lipinski definition) is 0. The summed E-state index contributed by atoms with van der Waals surface area (Å²) in [6.45, 7) is 1.97. The van der Waals surface area contributed by atoms with Crippen molar-refractivity contribution in [3.05, 3.63) is 53.4 Å². The first-order chi connectivity index (χ1) is 8.24. The third-order valence-electron chi connectivity index (χ3n) is 2.64. The van der Waals surface area contributed by atoms with Gasteiger partial charge in [-0.05, 0) is 30.7 Å². The van der Waals surface area contributed by atoms with Crippen LogP contribution in [0.2, 0.25) is 5.02 Å². The van der Waals surface area contributed by atoms with Gasteiger partial charge in [0.05, 0.1) is 6.20 Å². The van der Waals surface area contributed by atoms with Gasteiger partial charge in [0.2, 0.25) is 0 Å². The lowest BCUT2D eigenvalue weighted by atomic mass is 10.1. The maximum Gasteiger partial charge on any atom is 0.163 e. The van der Waals surface area contributed by atoms with Crippen LogP contribution in [-0.2, 0) is 0 Å². The van der Waals surface area contributed by atoms with Crippen molar-refractivity contribution in [2.75, 3.05) is 0 Å². The van der Waals surface area contributed by atoms with Crippen LogP contribution < -0.4 is 0 Å². The first-order valence-corrected chi connectivity index (χ1v) is 5.69. The van der Waals surface area contributed by atoms with Crippen LogP contribution in [0.3, 0.4) is 0 Å². The first-order valence-electron chi connectivity index (χ1n) is 5.31. The topological polar surface area (TPSA) is 30.2 Å². The summed E-state index contributed by atoms with van der Waals surface area (Å²) in [6.07, 6.45) is 3.72. The van der Waals surface area contributed by atoms with E-state index in [0.29, 0.717) is 0 Å². The summed E-state index contributed by atoms with van der Waals surface area (Å²) in [5.74, 6) is 0. The Bertz CT molecular complexity index is 688. The number of fused-ring (bicyclic) bond motifs is 1. The molecule has 3 rings (SSSR count). The predicted octanol–water partition coefficient (Wildman–Crippen LogP) is 3.36. The SMILES string of the molecule is Cc1ccn2ncc(-c3cccc(Cl)c3)c2n1. The maximum absolute atomic E-state index is 6.00. The molecule has 0 aliphatic carbocycles. The van der Waals surface area contributed by atoms with Crippen LogP contribution in [0.4, 0.5) is 0 Å². The van der Waals surface area contributed by atoms with Crippen molar-refractivity contribution in [3.63, 3.8) is 0 Å². The second-order valence-electron chi connectivity index (χ2n) is 3.91. The molecule has 0 atom stereocenters. The molecule has 1 aromatic carbocycles. The molecule has 0 amide bonds. The normalized spacial score (nSPS) is 10.9. The van der Waals surface area contributed by atoms with E-state index in [1.165, 1.54) is 0 Å². The van der Waals surface area contributed by atoms with Crippen LogP contribution in [0.1, 0.15) is 5.69 Å². The van der Waals surface area contributed by atoms with E-state index in [0.717, 1.165) is 27.5 Å². The molecule has 17 heavy (non-hydrogen) atoms. The monoisotopic (exact) mass is 243 g/mol. The highest BCUT2D eigenvalue weighted by molar-refractivity contribution is 6.30. The number of aromatic nitrogens is 3. The minimum atomic E-state index is 0.717. The Hall–Kier alpha value is -1.87. The second kappa shape index (κ2) is 3.86. The van der Waals surface area contributed by atoms with E-state index < -0.39 is 0 Å². The van der Waals surface area contributed by atoms with Crippen LogP contribution in [0.25, 0.3) is 16.8 Å². The van der Waals surface area contributed by atoms with E-state index in [-0.39, 0.29) is 0 Å². The summed E-state index contributed by atoms with van der Waals surface area (Å²) in [4.78, 5) is 4.50. The molecule has 0 radical (unpaired) electrons. The molecule has 0 unspecified atom stereocenters. The molecule has 2 heterocycles. The van der Waals surface area contributed by atoms with E-state index in [1.54, 1.807) is 4.52 Å². The standard InChI is InChI=1S/C13H10ClN3/c1-9-5-6-17-13(16-9)12(8-15-17)10-3-2-4-11(14)7-10/h2-8H,1H3. The summed E-state index contributed by atoms with van der Waals surface area (Å²) in [7, 11) is 0. The van der Waals surface area contributed by atoms with Crippen molar-refractivity contribution in [1.29, 1.82) is 0 Å². The van der Waals surface area contributed by atoms with Gasteiger partial charge in [-0.25, -0.2) is 9.50 Å². The Balaban J connectivity index is 2.27. The minimum absolute atomic E-state index is 0.717. The zero-order valence-corrected chi connectivity index (χ0v) is 10.0. The van der Waals surface area contributed by atoms with Gasteiger partial charge in [0.1, 0.15) is 0 Å². The Morgan fingerprint density at radius 2 is 2.12 bits per heavy atom. The molecule has 4 heteroatoms. The maximum atomic E-state index is 6.00. The molecular formula is C13H10ClN3. The van der Waals surface area contributed by atoms with Gasteiger partial charge < -0.3 is 0 Å². The summed E-state index contributed by atoms with van der Waals surface area (Å²) < 4.78 is 1.77. The summed E-state index contributed by atoms with van der Waals surface area (Å²) in [5.41, 5.74) is 3.86. The fourth-order valence-electron chi connectivity index (χ4n) is 1.82. The van der Waals surface area contributed by atoms with Crippen LogP contribution >= 0.6 is 11.6 Å². The van der Waals surface area contributed by atoms with E-state index in [9.17, 15) is 0 Å². The summed E-state index contributed by atoms with van der Waals surface area (Å²) in [5, 5.41) is 4.99. The zero-order valence-electron chi connectivity index (χ0n) is 9.26. The number of aryl methyl sites for hydroxylation is 1. The molecule has 0 saturated heterocycles. The molecule has 0 aliphatic rings. The van der Waals surface area contributed by atoms with Gasteiger partial charge >= 0.3 is 0 Å². The highest BCUT2D eigenvalue weighted by Gasteiger charge is 2.08. The quantitative estimate of drug-likeness (QED) is 0.656. The van der Waals surface area contributed by atoms with E-state index in [2.05, 4.69) is 10.1 Å². The highest BCUT2D eigenvalue weighted by Crippen LogP contribution is 2.25. The molecule has 0 spiro atoms. The lowest BCUT2D eigenvalue weighted by Crippen LogP contribution is -1.91. The number of hydrogen-bond acceptors (Lipinski definition) is 2. The minimum Gasteiger partial charge on any atom is -0.233 e. The third kappa shape index (κ3) is 1.78. The van der Waals surface area contributed by atoms with E-state index in [4.69, 9.17) is 11.6 Å². The van der Waals surface area contributed by atoms with Crippen LogP contribution in [-0.4, -0.2) is 14.6 Å². The van der Waals surface area contributed by atoms with Gasteiger partial charge in [-0.3, -0.25) is 0 Å². The van der Waals surface area contributed by atoms with Crippen molar-refractivity contribution < 1.29 is 0 Å². The molecule has 0 fully saturated rings. The van der Waals surface area contributed by atoms with E-state index >= 15 is 0 Å². The second-order valence-corrected chi connectivity index (χ2v) is 4.34. The Kier molecular flexibility index (Phi) is 2.34. The lowest BCUT2D eigenvalue weighted by Gasteiger charge is -2.00. The largest absolute Gasteiger partial charge is 0.233 e. The molecule has 0 aliphatic heterocycles. The van der Waals surface area contributed by atoms with Crippen LogP contribution in [0.15, 0.2) is 42.7 Å². The van der Waals surface area contributed by atoms with Gasteiger partial charge in [-0.1, -0.05) is 23.7 Å². The Labute approximate surface area is 104 Å². The number of rotatable bonds is 1. The van der Waals surface area contributed by atoms with Crippen LogP contribution in [0, 0.1) is 6.92 Å². The Morgan fingerprint density at radius 1 is 1.24 bits per heavy atom. The van der Waals surface area contributed by atoms with Crippen molar-refractivity contribution in [2.24, 2.45) is 0 Å². The van der Waals surface area contributed by atoms with E-state index in [1.807, 2.05) is 49.6 Å². The molecule has 0 bridgehead atoms. The molecule has 2 aromatic heterocycles. The molecule has 3 nitrogen and oxygen atoms in total. The first kappa shape index (κ1) is 10.3. The number of benzene rings is 1. The average molecular weight is 244 g/mol. The van der Waals surface area contributed by atoms with Gasteiger partial charge in [0, 0.05) is 22.5 Å². The molecule has 84 valence electrons. The molecule has 0 saturated carbocycles. The van der Waals surface area contributed by atoms with Gasteiger partial charge in [0.25, 0.3) is 0 Å². The molecular weight excluding hydrogens is 234 g/mol. The highest BCUT2D eigenvalue weighted by atomic mass is 35.5. The molecule has 0 N–H and O–H groups in total. The Morgan fingerprint density at radius 3 is 2.94 bits per heavy atom. The van der Waals surface area contributed by atoms with Crippen molar-refractivity contribution >= 4 is 17.2 Å². The van der Waals surface area contributed by atoms with Gasteiger partial charge in [0.15, 0.2) is 5.65 Å². The average Bonchev–Trinajstić information content (AvgIpc) is 2.71. The smallest absolute Gasteiger partial charge is 0.163 e. The fourth-order valence-corrected chi connectivity index (χ4v) is 2.01. The van der Waals surface area contributed by atoms with Gasteiger partial charge in [-0.2, -0.15) is 5.10 Å². The lowest BCUT2D eigenvalue weighted by molar-refractivity contribution is 0.929. The third-order valence-corrected chi connectivity index (χ3v) is 2.88. The number of nitrogens with zero attached hydrogens (tertiary/aromatic N) is 3. The predicted molar refractivity (Wildman–Crippen MR) is 68.2 cm³/mol. The summed E-state index contributed by atoms with van der Waals surface area (Å²) >= 11 is 6.00. The van der Waals surface area contributed by atoms with Crippen LogP contribution in [0.5, 0.6) is 0 Å². The van der Waals surface area contributed by atoms with Crippen molar-refractivity contribution in [1.82, 2.24) is 14.6 Å². The summed E-state index contributed by atoms with van der Waals surface area (Å²) in [6, 6.07) is 9.64. The fraction of sp³-hybridized carbons (Fsp3) is 0.0769. The van der Waals surface area contributed by atoms with Crippen molar-refractivity contribution in [2.45, 2.75) is 6.92 Å². The van der Waals surface area contributed by atoms with Gasteiger partial charge in [-0.15, -0.1) is 0 Å². The molecule has 3 aromatic rings. The van der Waals surface area contributed by atoms with Crippen molar-refractivity contribution in [3.8, 4) is 11.1 Å².